The molecule has 30 heavy (non-hydrogen) atoms. The Balaban J connectivity index is 1.56. The van der Waals surface area contributed by atoms with Crippen LogP contribution in [-0.4, -0.2) is 46.8 Å². The molecule has 0 amide bonds. The first-order chi connectivity index (χ1) is 14.3. The number of nitrogen functional groups attached to an aromatic ring is 1. The molecule has 3 rings (SSSR count). The van der Waals surface area contributed by atoms with Crippen molar-refractivity contribution in [2.75, 3.05) is 36.8 Å². The van der Waals surface area contributed by atoms with Gasteiger partial charge in [-0.15, -0.1) is 0 Å². The summed E-state index contributed by atoms with van der Waals surface area (Å²) in [5.41, 5.74) is 8.57. The van der Waals surface area contributed by atoms with Crippen molar-refractivity contribution in [2.45, 2.75) is 53.0 Å². The minimum Gasteiger partial charge on any atom is -0.368 e. The van der Waals surface area contributed by atoms with Gasteiger partial charge in [0.15, 0.2) is 0 Å². The van der Waals surface area contributed by atoms with Crippen LogP contribution in [0.2, 0.25) is 0 Å². The van der Waals surface area contributed by atoms with Gasteiger partial charge in [-0.3, -0.25) is 4.79 Å². The number of anilines is 2. The topological polar surface area (TPSA) is 75.3 Å². The lowest BCUT2D eigenvalue weighted by Crippen LogP contribution is -2.34. The summed E-state index contributed by atoms with van der Waals surface area (Å²) in [6.07, 6.45) is 5.35. The number of carbonyl (C=O) groups excluding carboxylic acids is 1. The maximum absolute atomic E-state index is 11.4. The average Bonchev–Trinajstić information content (AvgIpc) is 2.69. The van der Waals surface area contributed by atoms with Crippen molar-refractivity contribution in [1.29, 1.82) is 0 Å². The molecule has 1 aliphatic rings. The highest BCUT2D eigenvalue weighted by Gasteiger charge is 2.19. The Morgan fingerprint density at radius 2 is 1.73 bits per heavy atom. The number of hydrogen-bond donors (Lipinski definition) is 1. The highest BCUT2D eigenvalue weighted by molar-refractivity contribution is 5.79. The van der Waals surface area contributed by atoms with Crippen molar-refractivity contribution >= 4 is 17.5 Å². The highest BCUT2D eigenvalue weighted by Crippen LogP contribution is 2.23. The first kappa shape index (κ1) is 22.2. The average molecular weight is 410 g/mol. The molecule has 2 N–H and O–H groups in total. The lowest BCUT2D eigenvalue weighted by molar-refractivity contribution is -0.121. The van der Waals surface area contributed by atoms with Crippen molar-refractivity contribution in [3.63, 3.8) is 0 Å². The van der Waals surface area contributed by atoms with Crippen LogP contribution in [0.5, 0.6) is 0 Å². The molecule has 0 unspecified atom stereocenters. The number of aryl methyl sites for hydroxylation is 1. The largest absolute Gasteiger partial charge is 0.368 e. The van der Waals surface area contributed by atoms with Gasteiger partial charge in [0.2, 0.25) is 5.95 Å². The fourth-order valence-electron chi connectivity index (χ4n) is 3.89. The van der Waals surface area contributed by atoms with Crippen LogP contribution >= 0.6 is 0 Å². The number of hydrogen-bond acceptors (Lipinski definition) is 6. The van der Waals surface area contributed by atoms with E-state index in [1.54, 1.807) is 6.20 Å². The van der Waals surface area contributed by atoms with Crippen LogP contribution in [-0.2, 0) is 17.8 Å². The first-order valence-electron chi connectivity index (χ1n) is 10.9. The lowest BCUT2D eigenvalue weighted by Gasteiger charge is -2.31. The van der Waals surface area contributed by atoms with E-state index in [-0.39, 0.29) is 5.41 Å². The molecular formula is C24H35N5O. The van der Waals surface area contributed by atoms with Crippen molar-refractivity contribution in [3.05, 3.63) is 47.7 Å². The zero-order valence-electron chi connectivity index (χ0n) is 18.6. The molecule has 0 saturated carbocycles. The second-order valence-corrected chi connectivity index (χ2v) is 9.49. The number of rotatable bonds is 8. The molecular weight excluding hydrogens is 374 g/mol. The fourth-order valence-corrected chi connectivity index (χ4v) is 3.89. The predicted octanol–water partition coefficient (Wildman–Crippen LogP) is 3.71. The first-order valence-corrected chi connectivity index (χ1v) is 10.9. The van der Waals surface area contributed by atoms with Crippen LogP contribution in [0.25, 0.3) is 0 Å². The second-order valence-electron chi connectivity index (χ2n) is 9.49. The molecule has 6 nitrogen and oxygen atoms in total. The van der Waals surface area contributed by atoms with Gasteiger partial charge in [-0.25, -0.2) is 4.98 Å². The maximum atomic E-state index is 11.4. The lowest BCUT2D eigenvalue weighted by atomic mass is 9.95. The Kier molecular flexibility index (Phi) is 7.43. The van der Waals surface area contributed by atoms with Crippen molar-refractivity contribution in [1.82, 2.24) is 14.9 Å². The zero-order chi connectivity index (χ0) is 21.6. The smallest absolute Gasteiger partial charge is 0.221 e. The van der Waals surface area contributed by atoms with Gasteiger partial charge in [0.05, 0.1) is 0 Å². The van der Waals surface area contributed by atoms with E-state index in [1.165, 1.54) is 11.1 Å². The third-order valence-electron chi connectivity index (χ3n) is 5.40. The van der Waals surface area contributed by atoms with Crippen molar-refractivity contribution in [3.8, 4) is 0 Å². The Labute approximate surface area is 180 Å². The number of nitrogens with two attached hydrogens (primary N) is 1. The molecule has 0 atom stereocenters. The van der Waals surface area contributed by atoms with Gasteiger partial charge in [0.1, 0.15) is 11.6 Å². The van der Waals surface area contributed by atoms with E-state index in [1.807, 2.05) is 6.07 Å². The molecule has 1 fully saturated rings. The fraction of sp³-hybridized carbons (Fsp3) is 0.542. The van der Waals surface area contributed by atoms with Gasteiger partial charge < -0.3 is 15.5 Å². The van der Waals surface area contributed by atoms with Crippen molar-refractivity contribution in [2.24, 2.45) is 5.41 Å². The quantitative estimate of drug-likeness (QED) is 0.716. The second kappa shape index (κ2) is 10.0. The molecule has 0 bridgehead atoms. The van der Waals surface area contributed by atoms with E-state index in [0.717, 1.165) is 64.2 Å². The molecule has 1 aromatic heterocycles. The minimum absolute atomic E-state index is 0.138. The molecule has 1 aliphatic heterocycles. The van der Waals surface area contributed by atoms with Crippen LogP contribution in [0.1, 0.15) is 51.2 Å². The summed E-state index contributed by atoms with van der Waals surface area (Å²) in [4.78, 5) is 24.5. The third kappa shape index (κ3) is 7.10. The molecule has 1 aromatic carbocycles. The Bertz CT molecular complexity index is 818. The van der Waals surface area contributed by atoms with Crippen LogP contribution in [0.3, 0.4) is 0 Å². The standard InChI is InChI=1S/C24H35N5O/c1-24(2,3)18-29(22-10-13-26-23(25)27-22)17-20-8-6-19(7-9-20)5-4-14-28-15-11-21(30)12-16-28/h6-10,13H,4-5,11-12,14-18H2,1-3H3,(H2,25,26,27). The summed E-state index contributed by atoms with van der Waals surface area (Å²) < 4.78 is 0. The number of ketones is 1. The third-order valence-corrected chi connectivity index (χ3v) is 5.40. The number of nitrogens with zero attached hydrogens (tertiary/aromatic N) is 4. The SMILES string of the molecule is CC(C)(C)CN(Cc1ccc(CCCN2CCC(=O)CC2)cc1)c1ccnc(N)n1. The van der Waals surface area contributed by atoms with E-state index in [0.29, 0.717) is 11.7 Å². The molecule has 0 radical (unpaired) electrons. The van der Waals surface area contributed by atoms with Crippen LogP contribution < -0.4 is 10.6 Å². The number of Topliss-reactive ketones (excluding diaryl/α,β-unsaturated/α-hetero) is 1. The van der Waals surface area contributed by atoms with Crippen LogP contribution in [0.15, 0.2) is 36.5 Å². The highest BCUT2D eigenvalue weighted by atomic mass is 16.1. The maximum Gasteiger partial charge on any atom is 0.221 e. The number of benzene rings is 1. The molecule has 0 aliphatic carbocycles. The Morgan fingerprint density at radius 3 is 2.37 bits per heavy atom. The van der Waals surface area contributed by atoms with E-state index in [2.05, 4.69) is 64.8 Å². The summed E-state index contributed by atoms with van der Waals surface area (Å²) >= 11 is 0. The molecule has 2 heterocycles. The predicted molar refractivity (Wildman–Crippen MR) is 122 cm³/mol. The van der Waals surface area contributed by atoms with E-state index >= 15 is 0 Å². The van der Waals surface area contributed by atoms with Gasteiger partial charge in [-0.2, -0.15) is 4.98 Å². The Morgan fingerprint density at radius 1 is 1.07 bits per heavy atom. The molecule has 1 saturated heterocycles. The zero-order valence-corrected chi connectivity index (χ0v) is 18.6. The minimum atomic E-state index is 0.138. The van der Waals surface area contributed by atoms with Gasteiger partial charge in [-0.05, 0) is 42.0 Å². The summed E-state index contributed by atoms with van der Waals surface area (Å²) in [7, 11) is 0. The van der Waals surface area contributed by atoms with Gasteiger partial charge in [0, 0.05) is 45.2 Å². The molecule has 2 aromatic rings. The van der Waals surface area contributed by atoms with Crippen molar-refractivity contribution < 1.29 is 4.79 Å². The van der Waals surface area contributed by atoms with Gasteiger partial charge in [0.25, 0.3) is 0 Å². The number of piperidine rings is 1. The Hall–Kier alpha value is -2.47. The van der Waals surface area contributed by atoms with Gasteiger partial charge in [-0.1, -0.05) is 45.0 Å². The van der Waals surface area contributed by atoms with Crippen LogP contribution in [0.4, 0.5) is 11.8 Å². The van der Waals surface area contributed by atoms with E-state index in [9.17, 15) is 4.79 Å². The molecule has 0 spiro atoms. The molecule has 162 valence electrons. The van der Waals surface area contributed by atoms with Crippen LogP contribution in [0, 0.1) is 5.41 Å². The number of aromatic nitrogens is 2. The monoisotopic (exact) mass is 409 g/mol. The summed E-state index contributed by atoms with van der Waals surface area (Å²) in [5.74, 6) is 1.58. The van der Waals surface area contributed by atoms with Gasteiger partial charge >= 0.3 is 0 Å². The van der Waals surface area contributed by atoms with E-state index in [4.69, 9.17) is 5.73 Å². The summed E-state index contributed by atoms with van der Waals surface area (Å²) in [5, 5.41) is 0. The molecule has 6 heteroatoms. The number of likely N-dealkylation sites (tertiary alicyclic amines) is 1. The number of carbonyl (C=O) groups is 1. The van der Waals surface area contributed by atoms with E-state index < -0.39 is 0 Å². The normalized spacial score (nSPS) is 15.4. The summed E-state index contributed by atoms with van der Waals surface area (Å²) in [6.45, 7) is 11.3. The summed E-state index contributed by atoms with van der Waals surface area (Å²) in [6, 6.07) is 10.8.